The van der Waals surface area contributed by atoms with Crippen molar-refractivity contribution in [3.05, 3.63) is 107 Å². The molecule has 0 bridgehead atoms. The van der Waals surface area contributed by atoms with Gasteiger partial charge in [-0.1, -0.05) is 60.2 Å². The van der Waals surface area contributed by atoms with Crippen molar-refractivity contribution in [2.75, 3.05) is 13.2 Å². The molecule has 2 N–H and O–H groups in total. The largest absolute Gasteiger partial charge is 0.490 e. The predicted molar refractivity (Wildman–Crippen MR) is 157 cm³/mol. The quantitative estimate of drug-likeness (QED) is 0.128. The van der Waals surface area contributed by atoms with Crippen molar-refractivity contribution in [3.8, 4) is 11.5 Å². The molecular formula is C32H30ClNO6. The minimum absolute atomic E-state index is 0.0690. The molecule has 3 aromatic carbocycles. The molecular weight excluding hydrogens is 530 g/mol. The summed E-state index contributed by atoms with van der Waals surface area (Å²) in [5.74, 6) is -0.331. The van der Waals surface area contributed by atoms with Gasteiger partial charge in [0.25, 0.3) is 0 Å². The first-order chi connectivity index (χ1) is 19.4. The number of hydrogen-bond acceptors (Lipinski definition) is 4. The zero-order chi connectivity index (χ0) is 28.3. The number of carbonyl (C=O) groups is 2. The average molecular weight is 560 g/mol. The van der Waals surface area contributed by atoms with Gasteiger partial charge in [0.2, 0.25) is 0 Å². The van der Waals surface area contributed by atoms with Crippen molar-refractivity contribution in [2.45, 2.75) is 25.8 Å². The molecule has 4 rings (SSSR count). The Morgan fingerprint density at radius 2 is 1.57 bits per heavy atom. The number of aromatic nitrogens is 1. The average Bonchev–Trinajstić information content (AvgIpc) is 3.27. The molecule has 4 aromatic rings. The summed E-state index contributed by atoms with van der Waals surface area (Å²) in [5, 5.41) is 20.0. The molecule has 0 saturated carbocycles. The standard InChI is InChI=1S/C32H30ClNO6/c33-26-8-5-9-28(20-26)40-19-2-1-18-39-27-16-13-23(14-17-27)12-15-24-6-3-10-29-25(7-4-11-30(35)36)21-34(32(24)29)22-31(37)38/h1-3,5-6,8-10,12-17,20-21H,4,7,11,18-19,22H2,(H,35,36)(H,37,38)/b2-1+,15-12+. The van der Waals surface area contributed by atoms with Gasteiger partial charge in [-0.3, -0.25) is 9.59 Å². The number of carboxylic acid groups (broad SMARTS) is 2. The number of ether oxygens (including phenoxy) is 2. The van der Waals surface area contributed by atoms with E-state index in [0.29, 0.717) is 36.8 Å². The number of fused-ring (bicyclic) bond motifs is 1. The first kappa shape index (κ1) is 28.5. The van der Waals surface area contributed by atoms with Crippen LogP contribution in [0, 0.1) is 0 Å². The van der Waals surface area contributed by atoms with Crippen LogP contribution in [0.1, 0.15) is 29.5 Å². The first-order valence-electron chi connectivity index (χ1n) is 12.9. The van der Waals surface area contributed by atoms with Crippen LogP contribution in [0.5, 0.6) is 11.5 Å². The van der Waals surface area contributed by atoms with E-state index in [4.69, 9.17) is 26.2 Å². The molecule has 1 heterocycles. The van der Waals surface area contributed by atoms with Gasteiger partial charge in [0.05, 0.1) is 5.52 Å². The Bertz CT molecular complexity index is 1520. The lowest BCUT2D eigenvalue weighted by molar-refractivity contribution is -0.138. The summed E-state index contributed by atoms with van der Waals surface area (Å²) in [4.78, 5) is 22.4. The van der Waals surface area contributed by atoms with Gasteiger partial charge in [0.1, 0.15) is 31.3 Å². The van der Waals surface area contributed by atoms with Gasteiger partial charge in [0, 0.05) is 23.0 Å². The van der Waals surface area contributed by atoms with E-state index in [0.717, 1.165) is 33.3 Å². The molecule has 0 saturated heterocycles. The Labute approximate surface area is 237 Å². The van der Waals surface area contributed by atoms with Crippen LogP contribution in [-0.2, 0) is 22.6 Å². The maximum absolute atomic E-state index is 11.5. The number of nitrogens with zero attached hydrogens (tertiary/aromatic N) is 1. The van der Waals surface area contributed by atoms with E-state index >= 15 is 0 Å². The second-order valence-corrected chi connectivity index (χ2v) is 9.56. The third-order valence-corrected chi connectivity index (χ3v) is 6.38. The molecule has 0 atom stereocenters. The summed E-state index contributed by atoms with van der Waals surface area (Å²) in [7, 11) is 0. The number of benzene rings is 3. The van der Waals surface area contributed by atoms with Crippen molar-refractivity contribution >= 4 is 46.6 Å². The van der Waals surface area contributed by atoms with Crippen LogP contribution in [0.3, 0.4) is 0 Å². The van der Waals surface area contributed by atoms with Crippen LogP contribution in [0.4, 0.5) is 0 Å². The second kappa shape index (κ2) is 14.1. The van der Waals surface area contributed by atoms with E-state index < -0.39 is 11.9 Å². The fourth-order valence-electron chi connectivity index (χ4n) is 4.34. The molecule has 0 fully saturated rings. The maximum atomic E-state index is 11.5. The van der Waals surface area contributed by atoms with Crippen LogP contribution in [0.25, 0.3) is 23.1 Å². The van der Waals surface area contributed by atoms with Gasteiger partial charge in [-0.2, -0.15) is 0 Å². The molecule has 0 amide bonds. The number of rotatable bonds is 14. The van der Waals surface area contributed by atoms with Crippen LogP contribution in [0.15, 0.2) is 85.1 Å². The normalized spacial score (nSPS) is 11.4. The highest BCUT2D eigenvalue weighted by molar-refractivity contribution is 6.30. The third-order valence-electron chi connectivity index (χ3n) is 6.15. The third kappa shape index (κ3) is 8.25. The first-order valence-corrected chi connectivity index (χ1v) is 13.3. The predicted octanol–water partition coefficient (Wildman–Crippen LogP) is 6.97. The number of aryl methyl sites for hydroxylation is 1. The van der Waals surface area contributed by atoms with Gasteiger partial charge >= 0.3 is 11.9 Å². The monoisotopic (exact) mass is 559 g/mol. The lowest BCUT2D eigenvalue weighted by Gasteiger charge is -2.06. The van der Waals surface area contributed by atoms with Gasteiger partial charge in [-0.25, -0.2) is 0 Å². The summed E-state index contributed by atoms with van der Waals surface area (Å²) < 4.78 is 13.1. The van der Waals surface area contributed by atoms with E-state index in [-0.39, 0.29) is 13.0 Å². The second-order valence-electron chi connectivity index (χ2n) is 9.12. The van der Waals surface area contributed by atoms with Crippen molar-refractivity contribution in [2.24, 2.45) is 0 Å². The Morgan fingerprint density at radius 3 is 2.27 bits per heavy atom. The van der Waals surface area contributed by atoms with Gasteiger partial charge < -0.3 is 24.3 Å². The molecule has 0 radical (unpaired) electrons. The molecule has 40 heavy (non-hydrogen) atoms. The van der Waals surface area contributed by atoms with E-state index in [2.05, 4.69) is 0 Å². The molecule has 7 nitrogen and oxygen atoms in total. The molecule has 206 valence electrons. The number of aliphatic carboxylic acids is 2. The maximum Gasteiger partial charge on any atom is 0.323 e. The molecule has 0 spiro atoms. The van der Waals surface area contributed by atoms with Crippen molar-refractivity contribution < 1.29 is 29.3 Å². The van der Waals surface area contributed by atoms with E-state index in [1.807, 2.05) is 85.1 Å². The number of para-hydroxylation sites is 1. The Balaban J connectivity index is 1.38. The Hall–Kier alpha value is -4.49. The molecule has 0 aliphatic rings. The molecule has 8 heteroatoms. The Morgan fingerprint density at radius 1 is 0.850 bits per heavy atom. The van der Waals surface area contributed by atoms with Crippen LogP contribution < -0.4 is 9.47 Å². The highest BCUT2D eigenvalue weighted by Gasteiger charge is 2.13. The van der Waals surface area contributed by atoms with E-state index in [1.165, 1.54) is 0 Å². The molecule has 0 unspecified atom stereocenters. The van der Waals surface area contributed by atoms with Gasteiger partial charge in [-0.15, -0.1) is 0 Å². The summed E-state index contributed by atoms with van der Waals surface area (Å²) in [6, 6.07) is 20.8. The zero-order valence-corrected chi connectivity index (χ0v) is 22.6. The van der Waals surface area contributed by atoms with Crippen LogP contribution >= 0.6 is 11.6 Å². The number of halogens is 1. The van der Waals surface area contributed by atoms with E-state index in [1.54, 1.807) is 16.7 Å². The summed E-state index contributed by atoms with van der Waals surface area (Å²) in [6.07, 6.45) is 10.6. The minimum Gasteiger partial charge on any atom is -0.490 e. The number of hydrogen-bond donors (Lipinski definition) is 2. The lowest BCUT2D eigenvalue weighted by atomic mass is 10.0. The zero-order valence-electron chi connectivity index (χ0n) is 21.8. The summed E-state index contributed by atoms with van der Waals surface area (Å²) in [6.45, 7) is 0.652. The van der Waals surface area contributed by atoms with Crippen molar-refractivity contribution in [3.63, 3.8) is 0 Å². The lowest BCUT2D eigenvalue weighted by Crippen LogP contribution is -2.07. The molecule has 0 aliphatic carbocycles. The minimum atomic E-state index is -0.938. The highest BCUT2D eigenvalue weighted by Crippen LogP contribution is 2.28. The molecule has 0 aliphatic heterocycles. The van der Waals surface area contributed by atoms with Gasteiger partial charge in [-0.05, 0) is 72.0 Å². The fourth-order valence-corrected chi connectivity index (χ4v) is 4.52. The van der Waals surface area contributed by atoms with Crippen LogP contribution in [0.2, 0.25) is 5.02 Å². The number of carboxylic acids is 2. The fraction of sp³-hybridized carbons (Fsp3) is 0.188. The summed E-state index contributed by atoms with van der Waals surface area (Å²) >= 11 is 5.95. The van der Waals surface area contributed by atoms with Crippen molar-refractivity contribution in [1.82, 2.24) is 4.57 Å². The topological polar surface area (TPSA) is 98.0 Å². The highest BCUT2D eigenvalue weighted by atomic mass is 35.5. The van der Waals surface area contributed by atoms with Gasteiger partial charge in [0.15, 0.2) is 0 Å². The summed E-state index contributed by atoms with van der Waals surface area (Å²) in [5.41, 5.74) is 3.61. The van der Waals surface area contributed by atoms with E-state index in [9.17, 15) is 14.7 Å². The smallest absolute Gasteiger partial charge is 0.323 e. The molecule has 1 aromatic heterocycles. The van der Waals surface area contributed by atoms with Crippen LogP contribution in [-0.4, -0.2) is 39.9 Å². The van der Waals surface area contributed by atoms with Crippen molar-refractivity contribution in [1.29, 1.82) is 0 Å². The SMILES string of the molecule is O=C(O)CCCc1cn(CC(=O)O)c2c(/C=C/c3ccc(OC/C=C/COc4cccc(Cl)c4)cc3)cccc12. The Kier molecular flexibility index (Phi) is 10.0.